The molecule has 0 aromatic carbocycles. The normalized spacial score (nSPS) is 9.50. The summed E-state index contributed by atoms with van der Waals surface area (Å²) in [6.07, 6.45) is 3.11. The molecule has 0 atom stereocenters. The van der Waals surface area contributed by atoms with Crippen LogP contribution < -0.4 is 0 Å². The molecule has 0 fully saturated rings. The summed E-state index contributed by atoms with van der Waals surface area (Å²) in [4.78, 5) is 20.1. The molecule has 0 saturated heterocycles. The summed E-state index contributed by atoms with van der Waals surface area (Å²) in [5.74, 6) is -1.57. The van der Waals surface area contributed by atoms with Gasteiger partial charge >= 0.3 is 11.9 Å². The molecule has 0 saturated carbocycles. The van der Waals surface area contributed by atoms with Gasteiger partial charge in [-0.15, -0.1) is 0 Å². The molecule has 5 heteroatoms. The molecule has 0 heterocycles. The lowest BCUT2D eigenvalue weighted by atomic mass is 10.1. The topological polar surface area (TPSA) is 94.8 Å². The lowest BCUT2D eigenvalue weighted by molar-refractivity contribution is -0.138. The van der Waals surface area contributed by atoms with Crippen molar-refractivity contribution in [3.8, 4) is 0 Å². The van der Waals surface area contributed by atoms with Gasteiger partial charge in [-0.1, -0.05) is 12.8 Å². The summed E-state index contributed by atoms with van der Waals surface area (Å²) < 4.78 is 0. The first-order valence-corrected chi connectivity index (χ1v) is 5.48. The standard InChI is InChI=1S/C8H14O4.C3H8O/c9-7(10)5-3-1-2-4-6-8(11)12;1-3(2)4/h1-6H2,(H,9,10)(H,11,12);3-4H,1-2H3. The highest BCUT2D eigenvalue weighted by atomic mass is 16.4. The summed E-state index contributed by atoms with van der Waals surface area (Å²) >= 11 is 0. The van der Waals surface area contributed by atoms with Crippen molar-refractivity contribution in [2.45, 2.75) is 58.5 Å². The molecule has 0 aliphatic heterocycles. The van der Waals surface area contributed by atoms with Crippen molar-refractivity contribution in [2.75, 3.05) is 0 Å². The van der Waals surface area contributed by atoms with E-state index in [1.54, 1.807) is 13.8 Å². The van der Waals surface area contributed by atoms with E-state index in [-0.39, 0.29) is 18.9 Å². The Morgan fingerprint density at radius 1 is 0.875 bits per heavy atom. The van der Waals surface area contributed by atoms with Crippen LogP contribution in [-0.2, 0) is 9.59 Å². The van der Waals surface area contributed by atoms with Crippen LogP contribution in [-0.4, -0.2) is 33.4 Å². The van der Waals surface area contributed by atoms with Crippen LogP contribution >= 0.6 is 0 Å². The highest BCUT2D eigenvalue weighted by molar-refractivity contribution is 5.66. The molecule has 3 N–H and O–H groups in total. The van der Waals surface area contributed by atoms with Gasteiger partial charge in [0.1, 0.15) is 0 Å². The third-order valence-corrected chi connectivity index (χ3v) is 1.53. The van der Waals surface area contributed by atoms with Gasteiger partial charge in [-0.2, -0.15) is 0 Å². The van der Waals surface area contributed by atoms with Gasteiger partial charge in [0, 0.05) is 18.9 Å². The Bertz CT molecular complexity index is 168. The number of aliphatic hydroxyl groups is 1. The number of rotatable bonds is 7. The summed E-state index contributed by atoms with van der Waals surface area (Å²) in [6, 6.07) is 0. The maximum atomic E-state index is 10.0. The highest BCUT2D eigenvalue weighted by Crippen LogP contribution is 2.04. The van der Waals surface area contributed by atoms with Gasteiger partial charge in [0.2, 0.25) is 0 Å². The largest absolute Gasteiger partial charge is 0.481 e. The molecule has 16 heavy (non-hydrogen) atoms. The van der Waals surface area contributed by atoms with E-state index in [2.05, 4.69) is 0 Å². The molecule has 5 nitrogen and oxygen atoms in total. The Kier molecular flexibility index (Phi) is 12.9. The minimum atomic E-state index is -0.784. The van der Waals surface area contributed by atoms with Gasteiger partial charge in [0.05, 0.1) is 0 Å². The number of hydrogen-bond acceptors (Lipinski definition) is 3. The average Bonchev–Trinajstić information content (AvgIpc) is 2.09. The fraction of sp³-hybridized carbons (Fsp3) is 0.818. The molecule has 0 aromatic rings. The Hall–Kier alpha value is -1.10. The van der Waals surface area contributed by atoms with Gasteiger partial charge in [0.25, 0.3) is 0 Å². The lowest BCUT2D eigenvalue weighted by Gasteiger charge is -1.96. The summed E-state index contributed by atoms with van der Waals surface area (Å²) in [7, 11) is 0. The number of hydrogen-bond donors (Lipinski definition) is 3. The van der Waals surface area contributed by atoms with Crippen molar-refractivity contribution in [3.05, 3.63) is 0 Å². The maximum Gasteiger partial charge on any atom is 0.303 e. The van der Waals surface area contributed by atoms with Crippen LogP contribution in [0.25, 0.3) is 0 Å². The van der Waals surface area contributed by atoms with E-state index in [0.717, 1.165) is 12.8 Å². The van der Waals surface area contributed by atoms with Gasteiger partial charge in [0.15, 0.2) is 0 Å². The van der Waals surface area contributed by atoms with E-state index in [4.69, 9.17) is 15.3 Å². The minimum absolute atomic E-state index is 0.167. The first-order valence-electron chi connectivity index (χ1n) is 5.48. The van der Waals surface area contributed by atoms with Crippen LogP contribution in [0.4, 0.5) is 0 Å². The molecule has 0 aromatic heterocycles. The Morgan fingerprint density at radius 3 is 1.31 bits per heavy atom. The molecule has 0 spiro atoms. The maximum absolute atomic E-state index is 10.0. The lowest BCUT2D eigenvalue weighted by Crippen LogP contribution is -1.95. The first-order chi connectivity index (χ1) is 7.36. The molecule has 0 amide bonds. The fourth-order valence-electron chi connectivity index (χ4n) is 0.906. The van der Waals surface area contributed by atoms with Gasteiger partial charge < -0.3 is 15.3 Å². The molecule has 0 aliphatic rings. The highest BCUT2D eigenvalue weighted by Gasteiger charge is 1.98. The van der Waals surface area contributed by atoms with Crippen molar-refractivity contribution in [1.82, 2.24) is 0 Å². The van der Waals surface area contributed by atoms with Crippen LogP contribution in [0.1, 0.15) is 52.4 Å². The molecule has 0 bridgehead atoms. The van der Waals surface area contributed by atoms with Crippen molar-refractivity contribution in [2.24, 2.45) is 0 Å². The second kappa shape index (κ2) is 12.0. The molecule has 0 unspecified atom stereocenters. The predicted molar refractivity (Wildman–Crippen MR) is 60.3 cm³/mol. The molecule has 0 rings (SSSR count). The second-order valence-corrected chi connectivity index (χ2v) is 3.80. The van der Waals surface area contributed by atoms with Gasteiger partial charge in [-0.25, -0.2) is 0 Å². The molecular weight excluding hydrogens is 212 g/mol. The number of carbonyl (C=O) groups is 2. The van der Waals surface area contributed by atoms with Crippen LogP contribution in [0.5, 0.6) is 0 Å². The van der Waals surface area contributed by atoms with Crippen molar-refractivity contribution < 1.29 is 24.9 Å². The quantitative estimate of drug-likeness (QED) is 0.585. The molecular formula is C11H22O5. The SMILES string of the molecule is CC(C)O.O=C(O)CCCCCCC(=O)O. The van der Waals surface area contributed by atoms with Gasteiger partial charge in [-0.3, -0.25) is 9.59 Å². The predicted octanol–water partition coefficient (Wildman–Crippen LogP) is 1.88. The van der Waals surface area contributed by atoms with Gasteiger partial charge in [-0.05, 0) is 26.7 Å². The summed E-state index contributed by atoms with van der Waals surface area (Å²) in [6.45, 7) is 3.44. The van der Waals surface area contributed by atoms with E-state index >= 15 is 0 Å². The third-order valence-electron chi connectivity index (χ3n) is 1.53. The Labute approximate surface area is 96.1 Å². The summed E-state index contributed by atoms with van der Waals surface area (Å²) in [5, 5.41) is 24.6. The molecule has 96 valence electrons. The van der Waals surface area contributed by atoms with Crippen LogP contribution in [0.15, 0.2) is 0 Å². The zero-order valence-electron chi connectivity index (χ0n) is 9.98. The number of aliphatic carboxylic acids is 2. The van der Waals surface area contributed by atoms with Crippen molar-refractivity contribution in [3.63, 3.8) is 0 Å². The average molecular weight is 234 g/mol. The number of carboxylic acids is 2. The number of carboxylic acid groups (broad SMARTS) is 2. The second-order valence-electron chi connectivity index (χ2n) is 3.80. The zero-order chi connectivity index (χ0) is 13.0. The number of unbranched alkanes of at least 4 members (excludes halogenated alkanes) is 3. The monoisotopic (exact) mass is 234 g/mol. The Balaban J connectivity index is 0. The first kappa shape index (κ1) is 17.3. The van der Waals surface area contributed by atoms with Crippen LogP contribution in [0, 0.1) is 0 Å². The third kappa shape index (κ3) is 29.3. The molecule has 0 radical (unpaired) electrons. The minimum Gasteiger partial charge on any atom is -0.481 e. The van der Waals surface area contributed by atoms with E-state index in [9.17, 15) is 9.59 Å². The van der Waals surface area contributed by atoms with E-state index in [1.807, 2.05) is 0 Å². The fourth-order valence-corrected chi connectivity index (χ4v) is 0.906. The van der Waals surface area contributed by atoms with Crippen molar-refractivity contribution >= 4 is 11.9 Å². The number of aliphatic hydroxyl groups excluding tert-OH is 1. The summed E-state index contributed by atoms with van der Waals surface area (Å²) in [5.41, 5.74) is 0. The zero-order valence-corrected chi connectivity index (χ0v) is 9.98. The van der Waals surface area contributed by atoms with Crippen LogP contribution in [0.2, 0.25) is 0 Å². The van der Waals surface area contributed by atoms with E-state index in [0.29, 0.717) is 12.8 Å². The van der Waals surface area contributed by atoms with E-state index in [1.165, 1.54) is 0 Å². The Morgan fingerprint density at radius 2 is 1.12 bits per heavy atom. The molecule has 0 aliphatic carbocycles. The van der Waals surface area contributed by atoms with Crippen LogP contribution in [0.3, 0.4) is 0 Å². The smallest absolute Gasteiger partial charge is 0.303 e. The van der Waals surface area contributed by atoms with Crippen molar-refractivity contribution in [1.29, 1.82) is 0 Å². The van der Waals surface area contributed by atoms with E-state index < -0.39 is 11.9 Å².